The molecule has 9 heteroatoms. The molecule has 0 fully saturated rings. The molecule has 2 amide bonds. The number of furan rings is 1. The Bertz CT molecular complexity index is 1320. The zero-order valence-corrected chi connectivity index (χ0v) is 20.0. The molecule has 0 saturated heterocycles. The number of nitrogens with one attached hydrogen (secondary N) is 2. The molecule has 0 spiro atoms. The normalized spacial score (nSPS) is 13.1. The lowest BCUT2D eigenvalue weighted by Crippen LogP contribution is -2.48. The lowest BCUT2D eigenvalue weighted by molar-refractivity contribution is -0.143. The molecule has 0 bridgehead atoms. The van der Waals surface area contributed by atoms with Crippen molar-refractivity contribution in [2.75, 3.05) is 6.54 Å². The van der Waals surface area contributed by atoms with Gasteiger partial charge >= 0.3 is 11.6 Å². The van der Waals surface area contributed by atoms with Gasteiger partial charge in [-0.2, -0.15) is 0 Å². The first-order valence-corrected chi connectivity index (χ1v) is 11.3. The number of carbonyl (C=O) groups is 3. The van der Waals surface area contributed by atoms with E-state index in [0.717, 1.165) is 27.7 Å². The quantitative estimate of drug-likeness (QED) is 0.408. The van der Waals surface area contributed by atoms with Crippen LogP contribution in [-0.4, -0.2) is 35.5 Å². The van der Waals surface area contributed by atoms with E-state index in [4.69, 9.17) is 8.83 Å². The molecule has 2 aromatic heterocycles. The van der Waals surface area contributed by atoms with Gasteiger partial charge in [0.2, 0.25) is 11.8 Å². The van der Waals surface area contributed by atoms with Crippen molar-refractivity contribution < 1.29 is 28.3 Å². The molecule has 2 atom stereocenters. The Balaban J connectivity index is 1.67. The number of hydrogen-bond donors (Lipinski definition) is 3. The molecular formula is C25H30N2O7. The predicted molar refractivity (Wildman–Crippen MR) is 127 cm³/mol. The van der Waals surface area contributed by atoms with Crippen LogP contribution >= 0.6 is 0 Å². The third-order valence-corrected chi connectivity index (χ3v) is 6.43. The van der Waals surface area contributed by atoms with Crippen LogP contribution in [0.2, 0.25) is 0 Å². The predicted octanol–water partition coefficient (Wildman–Crippen LogP) is 3.13. The van der Waals surface area contributed by atoms with Crippen LogP contribution in [0, 0.1) is 26.7 Å². The highest BCUT2D eigenvalue weighted by atomic mass is 16.4. The summed E-state index contributed by atoms with van der Waals surface area (Å²) in [6.45, 7) is 8.87. The van der Waals surface area contributed by atoms with Gasteiger partial charge in [-0.25, -0.2) is 9.59 Å². The molecule has 2 heterocycles. The van der Waals surface area contributed by atoms with E-state index in [0.29, 0.717) is 23.2 Å². The van der Waals surface area contributed by atoms with E-state index < -0.39 is 29.5 Å². The smallest absolute Gasteiger partial charge is 0.339 e. The number of amides is 2. The van der Waals surface area contributed by atoms with Crippen LogP contribution in [0.1, 0.15) is 49.1 Å². The van der Waals surface area contributed by atoms with Gasteiger partial charge in [-0.1, -0.05) is 20.3 Å². The summed E-state index contributed by atoms with van der Waals surface area (Å²) in [5.41, 5.74) is 2.69. The Morgan fingerprint density at radius 1 is 1.00 bits per heavy atom. The first kappa shape index (κ1) is 25.0. The molecule has 0 aliphatic carbocycles. The largest absolute Gasteiger partial charge is 0.480 e. The second-order valence-corrected chi connectivity index (χ2v) is 8.67. The summed E-state index contributed by atoms with van der Waals surface area (Å²) in [6, 6.07) is 2.62. The van der Waals surface area contributed by atoms with Gasteiger partial charge in [0.1, 0.15) is 23.0 Å². The van der Waals surface area contributed by atoms with Gasteiger partial charge < -0.3 is 24.6 Å². The number of carboxylic acid groups (broad SMARTS) is 1. The minimum atomic E-state index is -1.12. The lowest BCUT2D eigenvalue weighted by atomic mass is 9.99. The minimum absolute atomic E-state index is 0.0236. The summed E-state index contributed by atoms with van der Waals surface area (Å²) in [5, 5.41) is 15.9. The Morgan fingerprint density at radius 2 is 1.65 bits per heavy atom. The van der Waals surface area contributed by atoms with Crippen molar-refractivity contribution in [2.45, 2.75) is 59.9 Å². The van der Waals surface area contributed by atoms with Crippen molar-refractivity contribution in [3.63, 3.8) is 0 Å². The van der Waals surface area contributed by atoms with Crippen molar-refractivity contribution in [1.29, 1.82) is 0 Å². The Kier molecular flexibility index (Phi) is 7.44. The van der Waals surface area contributed by atoms with Crippen molar-refractivity contribution in [3.05, 3.63) is 45.0 Å². The number of hydrogen-bond acceptors (Lipinski definition) is 6. The number of benzene rings is 1. The maximum Gasteiger partial charge on any atom is 0.339 e. The number of carboxylic acids is 1. The first-order chi connectivity index (χ1) is 16.0. The fourth-order valence-corrected chi connectivity index (χ4v) is 3.93. The number of aryl methyl sites for hydroxylation is 3. The number of aliphatic carboxylic acids is 1. The van der Waals surface area contributed by atoms with Crippen LogP contribution in [0.25, 0.3) is 21.9 Å². The van der Waals surface area contributed by atoms with Gasteiger partial charge in [0, 0.05) is 28.8 Å². The molecule has 0 aliphatic rings. The average molecular weight is 471 g/mol. The Labute approximate surface area is 196 Å². The highest BCUT2D eigenvalue weighted by molar-refractivity contribution is 5.97. The van der Waals surface area contributed by atoms with Crippen molar-refractivity contribution in [3.8, 4) is 0 Å². The van der Waals surface area contributed by atoms with Crippen LogP contribution in [0.5, 0.6) is 0 Å². The summed E-state index contributed by atoms with van der Waals surface area (Å²) >= 11 is 0. The van der Waals surface area contributed by atoms with Gasteiger partial charge in [0.15, 0.2) is 0 Å². The van der Waals surface area contributed by atoms with Crippen LogP contribution in [0.3, 0.4) is 0 Å². The molecule has 0 saturated carbocycles. The summed E-state index contributed by atoms with van der Waals surface area (Å²) in [6.07, 6.45) is 0.705. The third kappa shape index (κ3) is 5.13. The molecule has 3 aromatic rings. The van der Waals surface area contributed by atoms with Crippen LogP contribution < -0.4 is 16.3 Å². The fourth-order valence-electron chi connectivity index (χ4n) is 3.93. The van der Waals surface area contributed by atoms with Crippen molar-refractivity contribution in [2.24, 2.45) is 5.92 Å². The number of carbonyl (C=O) groups excluding carboxylic acids is 2. The van der Waals surface area contributed by atoms with Crippen LogP contribution in [0.15, 0.2) is 25.8 Å². The van der Waals surface area contributed by atoms with Crippen LogP contribution in [0.4, 0.5) is 0 Å². The van der Waals surface area contributed by atoms with E-state index in [-0.39, 0.29) is 25.3 Å². The molecule has 0 radical (unpaired) electrons. The molecular weight excluding hydrogens is 440 g/mol. The maximum atomic E-state index is 12.6. The highest BCUT2D eigenvalue weighted by Crippen LogP contribution is 2.31. The van der Waals surface area contributed by atoms with Gasteiger partial charge in [-0.15, -0.1) is 0 Å². The van der Waals surface area contributed by atoms with Crippen molar-refractivity contribution in [1.82, 2.24) is 10.6 Å². The van der Waals surface area contributed by atoms with Crippen LogP contribution in [-0.2, 0) is 20.8 Å². The van der Waals surface area contributed by atoms with Gasteiger partial charge in [-0.05, 0) is 50.3 Å². The van der Waals surface area contributed by atoms with E-state index in [9.17, 15) is 24.3 Å². The topological polar surface area (TPSA) is 139 Å². The molecule has 34 heavy (non-hydrogen) atoms. The average Bonchev–Trinajstić information content (AvgIpc) is 3.06. The summed E-state index contributed by atoms with van der Waals surface area (Å²) < 4.78 is 11.2. The second-order valence-electron chi connectivity index (χ2n) is 8.67. The van der Waals surface area contributed by atoms with E-state index >= 15 is 0 Å². The van der Waals surface area contributed by atoms with E-state index in [1.54, 1.807) is 13.0 Å². The molecule has 182 valence electrons. The Morgan fingerprint density at radius 3 is 2.29 bits per heavy atom. The van der Waals surface area contributed by atoms with E-state index in [1.807, 2.05) is 33.8 Å². The lowest BCUT2D eigenvalue weighted by Gasteiger charge is -2.20. The molecule has 1 aromatic carbocycles. The molecule has 3 rings (SSSR count). The van der Waals surface area contributed by atoms with Gasteiger partial charge in [0.25, 0.3) is 0 Å². The van der Waals surface area contributed by atoms with E-state index in [1.165, 1.54) is 0 Å². The maximum absolute atomic E-state index is 12.6. The number of rotatable bonds is 9. The molecule has 3 N–H and O–H groups in total. The highest BCUT2D eigenvalue weighted by Gasteiger charge is 2.25. The van der Waals surface area contributed by atoms with E-state index in [2.05, 4.69) is 10.6 Å². The summed E-state index contributed by atoms with van der Waals surface area (Å²) in [4.78, 5) is 48.3. The van der Waals surface area contributed by atoms with Gasteiger partial charge in [0.05, 0.1) is 6.54 Å². The third-order valence-electron chi connectivity index (χ3n) is 6.43. The molecule has 9 nitrogen and oxygen atoms in total. The number of fused-ring (bicyclic) bond motifs is 2. The summed E-state index contributed by atoms with van der Waals surface area (Å²) in [5.74, 6) is -1.59. The SMILES string of the molecule is CC[C@@H](C)[C@@H](NC(=O)CNC(=O)CCc1c(C)c2cc3c(C)c(C)oc3cc2oc1=O)C(=O)O. The molecule has 0 unspecified atom stereocenters. The molecule has 0 aliphatic heterocycles. The zero-order chi connectivity index (χ0) is 25.2. The fraction of sp³-hybridized carbons (Fsp3) is 0.440. The minimum Gasteiger partial charge on any atom is -0.480 e. The first-order valence-electron chi connectivity index (χ1n) is 11.3. The van der Waals surface area contributed by atoms with Gasteiger partial charge in [-0.3, -0.25) is 9.59 Å². The zero-order valence-electron chi connectivity index (χ0n) is 20.0. The Hall–Kier alpha value is -3.62. The monoisotopic (exact) mass is 470 g/mol. The second kappa shape index (κ2) is 10.1. The standard InChI is InChI=1S/C25H30N2O7/c1-6-12(2)23(24(30)31)27-22(29)11-26-21(28)8-7-16-14(4)18-9-17-13(3)15(5)33-19(17)10-20(18)34-25(16)32/h9-10,12,23H,6-8,11H2,1-5H3,(H,26,28)(H,27,29)(H,30,31)/t12-,23-/m1/s1. The van der Waals surface area contributed by atoms with Crippen molar-refractivity contribution >= 4 is 39.7 Å². The summed E-state index contributed by atoms with van der Waals surface area (Å²) in [7, 11) is 0.